The Kier molecular flexibility index (Phi) is 5.71. The van der Waals surface area contributed by atoms with Crippen LogP contribution in [0.1, 0.15) is 18.1 Å². The van der Waals surface area contributed by atoms with Crippen molar-refractivity contribution < 1.29 is 18.9 Å². The first-order valence-electron chi connectivity index (χ1n) is 7.62. The number of benzene rings is 1. The van der Waals surface area contributed by atoms with Gasteiger partial charge >= 0.3 is 0 Å². The van der Waals surface area contributed by atoms with E-state index in [9.17, 15) is 10.5 Å². The molecule has 2 N–H and O–H groups in total. The van der Waals surface area contributed by atoms with Crippen molar-refractivity contribution in [2.24, 2.45) is 0 Å². The maximum atomic E-state index is 9.64. The van der Waals surface area contributed by atoms with E-state index in [1.807, 2.05) is 12.1 Å². The number of aromatic nitrogens is 1. The highest BCUT2D eigenvalue weighted by atomic mass is 16.5. The number of pyridine rings is 1. The maximum absolute atomic E-state index is 9.64. The number of hydrogen-bond acceptors (Lipinski definition) is 8. The van der Waals surface area contributed by atoms with Crippen LogP contribution < -0.4 is 24.7 Å². The van der Waals surface area contributed by atoms with E-state index in [0.717, 1.165) is 0 Å². The molecule has 0 bridgehead atoms. The second-order valence-corrected chi connectivity index (χ2v) is 5.00. The SMILES string of the molecule is CCOc1nc(N)c(C#N)c(-c2cc(OC)c(OC)c(OC)c2)c1C#N. The highest BCUT2D eigenvalue weighted by Gasteiger charge is 2.24. The summed E-state index contributed by atoms with van der Waals surface area (Å²) in [4.78, 5) is 4.03. The molecule has 134 valence electrons. The molecule has 0 unspecified atom stereocenters. The molecule has 1 heterocycles. The minimum absolute atomic E-state index is 0.0290. The predicted molar refractivity (Wildman–Crippen MR) is 94.3 cm³/mol. The number of hydrogen-bond donors (Lipinski definition) is 1. The molecule has 2 rings (SSSR count). The van der Waals surface area contributed by atoms with Crippen molar-refractivity contribution in [3.63, 3.8) is 0 Å². The van der Waals surface area contributed by atoms with E-state index < -0.39 is 0 Å². The van der Waals surface area contributed by atoms with Crippen molar-refractivity contribution in [3.8, 4) is 46.4 Å². The van der Waals surface area contributed by atoms with Gasteiger partial charge in [-0.05, 0) is 24.6 Å². The Balaban J connectivity index is 2.91. The Labute approximate surface area is 151 Å². The molecule has 8 nitrogen and oxygen atoms in total. The molecule has 8 heteroatoms. The molecular formula is C18H18N4O4. The summed E-state index contributed by atoms with van der Waals surface area (Å²) in [6.45, 7) is 2.05. The zero-order valence-corrected chi connectivity index (χ0v) is 14.9. The van der Waals surface area contributed by atoms with E-state index in [-0.39, 0.29) is 22.8 Å². The monoisotopic (exact) mass is 354 g/mol. The van der Waals surface area contributed by atoms with Crippen molar-refractivity contribution in [1.29, 1.82) is 10.5 Å². The number of methoxy groups -OCH3 is 3. The Bertz CT molecular complexity index is 888. The Morgan fingerprint density at radius 3 is 2.00 bits per heavy atom. The minimum atomic E-state index is -0.0290. The zero-order valence-electron chi connectivity index (χ0n) is 14.9. The molecule has 0 radical (unpaired) electrons. The number of rotatable bonds is 6. The lowest BCUT2D eigenvalue weighted by Crippen LogP contribution is -2.06. The lowest BCUT2D eigenvalue weighted by atomic mass is 9.95. The highest BCUT2D eigenvalue weighted by Crippen LogP contribution is 2.44. The average molecular weight is 354 g/mol. The third-order valence-electron chi connectivity index (χ3n) is 3.65. The molecule has 0 atom stereocenters. The minimum Gasteiger partial charge on any atom is -0.493 e. The molecule has 26 heavy (non-hydrogen) atoms. The van der Waals surface area contributed by atoms with Crippen LogP contribution in [-0.2, 0) is 0 Å². The summed E-state index contributed by atoms with van der Waals surface area (Å²) in [5, 5.41) is 19.2. The largest absolute Gasteiger partial charge is 0.493 e. The Morgan fingerprint density at radius 1 is 1.00 bits per heavy atom. The van der Waals surface area contributed by atoms with Crippen LogP contribution in [0.2, 0.25) is 0 Å². The van der Waals surface area contributed by atoms with E-state index in [2.05, 4.69) is 4.98 Å². The summed E-state index contributed by atoms with van der Waals surface area (Å²) in [7, 11) is 4.44. The molecule has 1 aromatic carbocycles. The normalized spacial score (nSPS) is 9.77. The van der Waals surface area contributed by atoms with Gasteiger partial charge in [-0.3, -0.25) is 0 Å². The fraction of sp³-hybridized carbons (Fsp3) is 0.278. The van der Waals surface area contributed by atoms with Gasteiger partial charge in [-0.1, -0.05) is 0 Å². The second kappa shape index (κ2) is 7.95. The fourth-order valence-electron chi connectivity index (χ4n) is 2.55. The molecule has 0 aliphatic carbocycles. The summed E-state index contributed by atoms with van der Waals surface area (Å²) < 4.78 is 21.4. The number of nitrogens with zero attached hydrogens (tertiary/aromatic N) is 3. The number of ether oxygens (including phenoxy) is 4. The van der Waals surface area contributed by atoms with Crippen LogP contribution in [0, 0.1) is 22.7 Å². The van der Waals surface area contributed by atoms with Crippen LogP contribution in [0.5, 0.6) is 23.1 Å². The van der Waals surface area contributed by atoms with E-state index in [0.29, 0.717) is 35.0 Å². The second-order valence-electron chi connectivity index (χ2n) is 5.00. The summed E-state index contributed by atoms with van der Waals surface area (Å²) in [6, 6.07) is 7.31. The quantitative estimate of drug-likeness (QED) is 0.839. The molecule has 0 spiro atoms. The van der Waals surface area contributed by atoms with Gasteiger partial charge in [0, 0.05) is 5.56 Å². The van der Waals surface area contributed by atoms with Gasteiger partial charge in [0.15, 0.2) is 11.5 Å². The molecule has 0 aliphatic heterocycles. The van der Waals surface area contributed by atoms with Crippen LogP contribution in [0.4, 0.5) is 5.82 Å². The van der Waals surface area contributed by atoms with Gasteiger partial charge in [0.2, 0.25) is 11.6 Å². The number of nitriles is 2. The van der Waals surface area contributed by atoms with E-state index >= 15 is 0 Å². The molecule has 1 aromatic heterocycles. The molecule has 0 aliphatic rings. The fourth-order valence-corrected chi connectivity index (χ4v) is 2.55. The van der Waals surface area contributed by atoms with Crippen molar-refractivity contribution in [1.82, 2.24) is 4.98 Å². The van der Waals surface area contributed by atoms with Crippen molar-refractivity contribution in [2.45, 2.75) is 6.92 Å². The van der Waals surface area contributed by atoms with Gasteiger partial charge in [-0.25, -0.2) is 0 Å². The summed E-state index contributed by atoms with van der Waals surface area (Å²) in [6.07, 6.45) is 0. The zero-order chi connectivity index (χ0) is 19.3. The van der Waals surface area contributed by atoms with Gasteiger partial charge in [0.25, 0.3) is 0 Å². The van der Waals surface area contributed by atoms with E-state index in [4.69, 9.17) is 24.7 Å². The van der Waals surface area contributed by atoms with Gasteiger partial charge < -0.3 is 24.7 Å². The molecule has 0 fully saturated rings. The van der Waals surface area contributed by atoms with E-state index in [1.165, 1.54) is 21.3 Å². The van der Waals surface area contributed by atoms with Crippen LogP contribution in [0.3, 0.4) is 0 Å². The van der Waals surface area contributed by atoms with Gasteiger partial charge in [0.1, 0.15) is 29.1 Å². The summed E-state index contributed by atoms with van der Waals surface area (Å²) in [5.74, 6) is 1.18. The first kappa shape index (κ1) is 18.7. The number of nitrogen functional groups attached to an aromatic ring is 1. The predicted octanol–water partition coefficient (Wildman–Crippen LogP) is 2.50. The van der Waals surface area contributed by atoms with Crippen LogP contribution in [0.25, 0.3) is 11.1 Å². The van der Waals surface area contributed by atoms with Crippen LogP contribution in [0.15, 0.2) is 12.1 Å². The Morgan fingerprint density at radius 2 is 1.58 bits per heavy atom. The van der Waals surface area contributed by atoms with Gasteiger partial charge in [-0.15, -0.1) is 0 Å². The maximum Gasteiger partial charge on any atom is 0.234 e. The summed E-state index contributed by atoms with van der Waals surface area (Å²) in [5.41, 5.74) is 6.87. The van der Waals surface area contributed by atoms with Crippen molar-refractivity contribution in [2.75, 3.05) is 33.7 Å². The molecule has 0 amide bonds. The highest BCUT2D eigenvalue weighted by molar-refractivity contribution is 5.84. The number of nitrogens with two attached hydrogens (primary N) is 1. The molecule has 0 saturated heterocycles. The molecular weight excluding hydrogens is 336 g/mol. The first-order chi connectivity index (χ1) is 12.6. The number of anilines is 1. The van der Waals surface area contributed by atoms with Gasteiger partial charge in [-0.2, -0.15) is 15.5 Å². The summed E-state index contributed by atoms with van der Waals surface area (Å²) >= 11 is 0. The molecule has 2 aromatic rings. The average Bonchev–Trinajstić information content (AvgIpc) is 2.66. The first-order valence-corrected chi connectivity index (χ1v) is 7.62. The van der Waals surface area contributed by atoms with Crippen LogP contribution in [-0.4, -0.2) is 32.9 Å². The van der Waals surface area contributed by atoms with Crippen molar-refractivity contribution in [3.05, 3.63) is 23.3 Å². The standard InChI is InChI=1S/C18H18N4O4/c1-5-26-18-12(9-20)15(11(8-19)17(21)22-18)10-6-13(23-2)16(25-4)14(7-10)24-3/h6-7H,5H2,1-4H3,(H2,21,22). The lowest BCUT2D eigenvalue weighted by molar-refractivity contribution is 0.324. The van der Waals surface area contributed by atoms with Crippen molar-refractivity contribution >= 4 is 5.82 Å². The third-order valence-corrected chi connectivity index (χ3v) is 3.65. The lowest BCUT2D eigenvalue weighted by Gasteiger charge is -2.17. The Hall–Kier alpha value is -3.65. The topological polar surface area (TPSA) is 123 Å². The van der Waals surface area contributed by atoms with Gasteiger partial charge in [0.05, 0.1) is 27.9 Å². The smallest absolute Gasteiger partial charge is 0.234 e. The third kappa shape index (κ3) is 3.13. The van der Waals surface area contributed by atoms with Crippen LogP contribution >= 0.6 is 0 Å². The van der Waals surface area contributed by atoms with E-state index in [1.54, 1.807) is 19.1 Å². The molecule has 0 saturated carbocycles.